The Morgan fingerprint density at radius 1 is 1.15 bits per heavy atom. The van der Waals surface area contributed by atoms with Gasteiger partial charge in [0.2, 0.25) is 0 Å². The Hall–Kier alpha value is -0.200. The molecule has 0 bridgehead atoms. The van der Waals surface area contributed by atoms with E-state index < -0.39 is 11.2 Å². The summed E-state index contributed by atoms with van der Waals surface area (Å²) in [5.74, 6) is 0.391. The van der Waals surface area contributed by atoms with Gasteiger partial charge >= 0.3 is 0 Å². The van der Waals surface area contributed by atoms with Crippen LogP contribution in [0.5, 0.6) is 0 Å². The molecule has 154 valence electrons. The first kappa shape index (κ1) is 22.1. The second-order valence-corrected chi connectivity index (χ2v) is 9.41. The third-order valence-corrected chi connectivity index (χ3v) is 6.94. The third kappa shape index (κ3) is 6.16. The Balaban J connectivity index is 1.74. The normalized spacial score (nSPS) is 25.7. The fourth-order valence-corrected chi connectivity index (χ4v) is 4.68. The topological polar surface area (TPSA) is 50.2 Å². The van der Waals surface area contributed by atoms with Crippen LogP contribution in [0.3, 0.4) is 0 Å². The molecule has 0 aromatic heterocycles. The van der Waals surface area contributed by atoms with Gasteiger partial charge in [-0.1, -0.05) is 6.92 Å². The number of nitrogens with zero attached hydrogens (tertiary/aromatic N) is 3. The molecule has 2 aliphatic heterocycles. The number of hydrogen-bond donors (Lipinski definition) is 2. The summed E-state index contributed by atoms with van der Waals surface area (Å²) < 4.78 is 0. The molecule has 0 aromatic carbocycles. The van der Waals surface area contributed by atoms with Gasteiger partial charge in [-0.3, -0.25) is 0 Å². The molecule has 1 unspecified atom stereocenters. The van der Waals surface area contributed by atoms with Crippen molar-refractivity contribution in [2.75, 3.05) is 52.9 Å². The first-order valence-corrected chi connectivity index (χ1v) is 10.7. The second-order valence-electron chi connectivity index (χ2n) is 9.41. The van der Waals surface area contributed by atoms with Crippen LogP contribution in [-0.2, 0) is 0 Å². The summed E-state index contributed by atoms with van der Waals surface area (Å²) in [6, 6.07) is 0.604. The van der Waals surface area contributed by atoms with Gasteiger partial charge in [0.1, 0.15) is 0 Å². The van der Waals surface area contributed by atoms with Gasteiger partial charge < -0.3 is 24.9 Å². The monoisotopic (exact) mass is 369 g/mol. The molecular weight excluding hydrogens is 326 g/mol. The van der Waals surface area contributed by atoms with Crippen molar-refractivity contribution >= 4 is 0 Å². The highest BCUT2D eigenvalue weighted by molar-refractivity contribution is 4.90. The molecule has 2 saturated heterocycles. The van der Waals surface area contributed by atoms with Crippen LogP contribution in [0.15, 0.2) is 0 Å². The molecule has 0 saturated carbocycles. The average molecular weight is 370 g/mol. The highest BCUT2D eigenvalue weighted by Crippen LogP contribution is 2.32. The van der Waals surface area contributed by atoms with Crippen molar-refractivity contribution in [2.45, 2.75) is 77.0 Å². The van der Waals surface area contributed by atoms with E-state index in [4.69, 9.17) is 0 Å². The molecule has 5 heteroatoms. The zero-order chi connectivity index (χ0) is 19.4. The lowest BCUT2D eigenvalue weighted by Gasteiger charge is -2.42. The van der Waals surface area contributed by atoms with Crippen molar-refractivity contribution < 1.29 is 10.2 Å². The van der Waals surface area contributed by atoms with Gasteiger partial charge in [-0.25, -0.2) is 0 Å². The minimum atomic E-state index is -0.606. The van der Waals surface area contributed by atoms with E-state index in [1.165, 1.54) is 0 Å². The quantitative estimate of drug-likeness (QED) is 0.686. The van der Waals surface area contributed by atoms with E-state index in [2.05, 4.69) is 42.5 Å². The van der Waals surface area contributed by atoms with Crippen LogP contribution in [-0.4, -0.2) is 95.0 Å². The molecule has 2 rings (SSSR count). The number of piperidine rings is 2. The van der Waals surface area contributed by atoms with Crippen LogP contribution >= 0.6 is 0 Å². The molecule has 2 N–H and O–H groups in total. The smallest absolute Gasteiger partial charge is 0.0798 e. The molecule has 0 amide bonds. The lowest BCUT2D eigenvalue weighted by molar-refractivity contribution is -0.0586. The molecule has 1 atom stereocenters. The van der Waals surface area contributed by atoms with E-state index in [9.17, 15) is 10.2 Å². The lowest BCUT2D eigenvalue weighted by atomic mass is 9.79. The maximum atomic E-state index is 11.0. The molecule has 2 aliphatic rings. The number of likely N-dealkylation sites (N-methyl/N-ethyl adjacent to an activating group) is 1. The summed E-state index contributed by atoms with van der Waals surface area (Å²) in [6.45, 7) is 15.5. The van der Waals surface area contributed by atoms with E-state index >= 15 is 0 Å². The SMILES string of the molecule is CCN1CCC(O)(CN(C)CCC(C)(O)C2CCN(C(C)C)CC2)CC1. The Bertz CT molecular complexity index is 411. The molecule has 5 nitrogen and oxygen atoms in total. The van der Waals surface area contributed by atoms with Crippen molar-refractivity contribution in [1.29, 1.82) is 0 Å². The maximum Gasteiger partial charge on any atom is 0.0798 e. The van der Waals surface area contributed by atoms with Crippen molar-refractivity contribution in [1.82, 2.24) is 14.7 Å². The van der Waals surface area contributed by atoms with E-state index in [0.29, 0.717) is 18.5 Å². The molecule has 2 fully saturated rings. The summed E-state index contributed by atoms with van der Waals surface area (Å²) >= 11 is 0. The van der Waals surface area contributed by atoms with E-state index in [-0.39, 0.29) is 0 Å². The zero-order valence-corrected chi connectivity index (χ0v) is 17.9. The molecule has 26 heavy (non-hydrogen) atoms. The summed E-state index contributed by atoms with van der Waals surface area (Å²) in [4.78, 5) is 7.14. The highest BCUT2D eigenvalue weighted by Gasteiger charge is 2.36. The van der Waals surface area contributed by atoms with Crippen molar-refractivity contribution in [3.05, 3.63) is 0 Å². The fourth-order valence-electron chi connectivity index (χ4n) is 4.68. The number of rotatable bonds is 8. The van der Waals surface area contributed by atoms with Crippen LogP contribution < -0.4 is 0 Å². The molecule has 0 aliphatic carbocycles. The maximum absolute atomic E-state index is 11.0. The Labute approximate surface area is 161 Å². The van der Waals surface area contributed by atoms with Gasteiger partial charge in [-0.15, -0.1) is 0 Å². The first-order chi connectivity index (χ1) is 12.1. The van der Waals surface area contributed by atoms with Gasteiger partial charge in [-0.05, 0) is 85.5 Å². The van der Waals surface area contributed by atoms with Crippen molar-refractivity contribution in [3.8, 4) is 0 Å². The van der Waals surface area contributed by atoms with Crippen LogP contribution in [0.25, 0.3) is 0 Å². The van der Waals surface area contributed by atoms with E-state index in [0.717, 1.165) is 71.4 Å². The van der Waals surface area contributed by atoms with Crippen LogP contribution in [0.1, 0.15) is 59.8 Å². The Morgan fingerprint density at radius 3 is 2.23 bits per heavy atom. The van der Waals surface area contributed by atoms with Gasteiger partial charge in [0.25, 0.3) is 0 Å². The average Bonchev–Trinajstić information content (AvgIpc) is 2.60. The number of likely N-dealkylation sites (tertiary alicyclic amines) is 2. The largest absolute Gasteiger partial charge is 0.390 e. The zero-order valence-electron chi connectivity index (χ0n) is 17.9. The molecule has 2 heterocycles. The standard InChI is InChI=1S/C21H43N3O2/c1-6-23-15-10-21(26,11-16-23)17-22(5)14-9-20(4,25)19-7-12-24(13-8-19)18(2)3/h18-19,25-26H,6-17H2,1-5H3. The summed E-state index contributed by atoms with van der Waals surface area (Å²) in [5.41, 5.74) is -1.17. The molecule has 0 radical (unpaired) electrons. The fraction of sp³-hybridized carbons (Fsp3) is 1.00. The van der Waals surface area contributed by atoms with E-state index in [1.54, 1.807) is 0 Å². The predicted molar refractivity (Wildman–Crippen MR) is 108 cm³/mol. The second kappa shape index (κ2) is 9.33. The van der Waals surface area contributed by atoms with Gasteiger partial charge in [0.15, 0.2) is 0 Å². The summed E-state index contributed by atoms with van der Waals surface area (Å²) in [6.07, 6.45) is 4.68. The Kier molecular flexibility index (Phi) is 7.93. The first-order valence-electron chi connectivity index (χ1n) is 10.7. The van der Waals surface area contributed by atoms with Crippen molar-refractivity contribution in [3.63, 3.8) is 0 Å². The molecule has 0 spiro atoms. The van der Waals surface area contributed by atoms with Gasteiger partial charge in [0, 0.05) is 32.2 Å². The van der Waals surface area contributed by atoms with Gasteiger partial charge in [0.05, 0.1) is 11.2 Å². The van der Waals surface area contributed by atoms with Crippen LogP contribution in [0.4, 0.5) is 0 Å². The highest BCUT2D eigenvalue weighted by atomic mass is 16.3. The molecular formula is C21H43N3O2. The van der Waals surface area contributed by atoms with Gasteiger partial charge in [-0.2, -0.15) is 0 Å². The minimum absolute atomic E-state index is 0.391. The predicted octanol–water partition coefficient (Wildman–Crippen LogP) is 2.03. The number of aliphatic hydroxyl groups is 2. The van der Waals surface area contributed by atoms with E-state index in [1.807, 2.05) is 6.92 Å². The lowest BCUT2D eigenvalue weighted by Crippen LogP contribution is -2.51. The summed E-state index contributed by atoms with van der Waals surface area (Å²) in [5, 5.41) is 21.9. The molecule has 0 aromatic rings. The van der Waals surface area contributed by atoms with Crippen LogP contribution in [0.2, 0.25) is 0 Å². The van der Waals surface area contributed by atoms with Crippen LogP contribution in [0, 0.1) is 5.92 Å². The van der Waals surface area contributed by atoms with Crippen molar-refractivity contribution in [2.24, 2.45) is 5.92 Å². The number of hydrogen-bond acceptors (Lipinski definition) is 5. The Morgan fingerprint density at radius 2 is 1.73 bits per heavy atom. The minimum Gasteiger partial charge on any atom is -0.390 e. The summed E-state index contributed by atoms with van der Waals surface area (Å²) in [7, 11) is 2.08. The third-order valence-electron chi connectivity index (χ3n) is 6.94.